The molecule has 0 radical (unpaired) electrons. The third-order valence-corrected chi connectivity index (χ3v) is 10.1. The average molecular weight is 627 g/mol. The van der Waals surface area contributed by atoms with Crippen LogP contribution in [0.15, 0.2) is 170 Å². The lowest BCUT2D eigenvalue weighted by Gasteiger charge is -2.21. The summed E-state index contributed by atoms with van der Waals surface area (Å²) in [5.41, 5.74) is 15.1. The van der Waals surface area contributed by atoms with Gasteiger partial charge in [-0.3, -0.25) is 0 Å². The molecule has 9 rings (SSSR count). The third kappa shape index (κ3) is 4.96. The Labute approximate surface area is 287 Å². The predicted molar refractivity (Wildman–Crippen MR) is 204 cm³/mol. The van der Waals surface area contributed by atoms with Crippen LogP contribution in [0.1, 0.15) is 25.0 Å². The molecule has 0 spiro atoms. The normalized spacial score (nSPS) is 12.9. The van der Waals surface area contributed by atoms with Crippen LogP contribution in [0, 0.1) is 0 Å². The summed E-state index contributed by atoms with van der Waals surface area (Å²) in [6.07, 6.45) is 0. The van der Waals surface area contributed by atoms with E-state index in [1.807, 2.05) is 6.07 Å². The maximum absolute atomic E-state index is 5.26. The number of fused-ring (bicyclic) bond motifs is 4. The molecule has 8 aromatic rings. The Morgan fingerprint density at radius 3 is 1.69 bits per heavy atom. The van der Waals surface area contributed by atoms with Gasteiger partial charge in [-0.15, -0.1) is 0 Å². The van der Waals surface area contributed by atoms with E-state index in [0.29, 0.717) is 5.82 Å². The summed E-state index contributed by atoms with van der Waals surface area (Å²) in [5, 5.41) is 2.32. The highest BCUT2D eigenvalue weighted by Gasteiger charge is 2.35. The predicted octanol–water partition coefficient (Wildman–Crippen LogP) is 12.3. The van der Waals surface area contributed by atoms with Crippen molar-refractivity contribution < 1.29 is 0 Å². The van der Waals surface area contributed by atoms with Crippen molar-refractivity contribution in [3.05, 3.63) is 181 Å². The highest BCUT2D eigenvalue weighted by molar-refractivity contribution is 6.05. The van der Waals surface area contributed by atoms with Gasteiger partial charge in [0.1, 0.15) is 0 Å². The quantitative estimate of drug-likeness (QED) is 0.190. The lowest BCUT2D eigenvalue weighted by molar-refractivity contribution is 0.660. The topological polar surface area (TPSA) is 25.8 Å². The van der Waals surface area contributed by atoms with Crippen molar-refractivity contribution in [2.75, 3.05) is 0 Å². The summed E-state index contributed by atoms with van der Waals surface area (Å²) >= 11 is 0. The van der Waals surface area contributed by atoms with Crippen molar-refractivity contribution >= 4 is 10.8 Å². The van der Waals surface area contributed by atoms with Crippen LogP contribution in [0.3, 0.4) is 0 Å². The Kier molecular flexibility index (Phi) is 6.84. The summed E-state index contributed by atoms with van der Waals surface area (Å²) in [4.78, 5) is 10.5. The fourth-order valence-electron chi connectivity index (χ4n) is 7.59. The van der Waals surface area contributed by atoms with Crippen LogP contribution < -0.4 is 0 Å². The van der Waals surface area contributed by atoms with Gasteiger partial charge in [0.05, 0.1) is 11.4 Å². The fraction of sp³-hybridized carbons (Fsp3) is 0.0638. The Balaban J connectivity index is 1.21. The van der Waals surface area contributed by atoms with Gasteiger partial charge in [0.25, 0.3) is 0 Å². The number of hydrogen-bond acceptors (Lipinski definition) is 2. The molecule has 0 N–H and O–H groups in total. The first-order chi connectivity index (χ1) is 24.0. The fourth-order valence-corrected chi connectivity index (χ4v) is 7.59. The molecule has 0 amide bonds. The van der Waals surface area contributed by atoms with Gasteiger partial charge >= 0.3 is 0 Å². The van der Waals surface area contributed by atoms with Gasteiger partial charge in [-0.25, -0.2) is 9.97 Å². The van der Waals surface area contributed by atoms with Gasteiger partial charge in [-0.1, -0.05) is 159 Å². The van der Waals surface area contributed by atoms with E-state index >= 15 is 0 Å². The molecule has 0 fully saturated rings. The van der Waals surface area contributed by atoms with E-state index < -0.39 is 0 Å². The van der Waals surface area contributed by atoms with Crippen LogP contribution in [-0.4, -0.2) is 9.97 Å². The molecular weight excluding hydrogens is 593 g/mol. The van der Waals surface area contributed by atoms with E-state index in [-0.39, 0.29) is 5.41 Å². The van der Waals surface area contributed by atoms with Crippen LogP contribution in [0.4, 0.5) is 0 Å². The molecule has 0 saturated heterocycles. The van der Waals surface area contributed by atoms with E-state index in [1.165, 1.54) is 44.3 Å². The number of benzene rings is 7. The zero-order chi connectivity index (χ0) is 33.0. The minimum absolute atomic E-state index is 0.0180. The minimum Gasteiger partial charge on any atom is -0.228 e. The molecule has 2 nitrogen and oxygen atoms in total. The van der Waals surface area contributed by atoms with Crippen molar-refractivity contribution in [2.24, 2.45) is 0 Å². The summed E-state index contributed by atoms with van der Waals surface area (Å²) in [7, 11) is 0. The molecule has 2 heteroatoms. The highest BCUT2D eigenvalue weighted by Crippen LogP contribution is 2.50. The molecule has 49 heavy (non-hydrogen) atoms. The minimum atomic E-state index is -0.0180. The van der Waals surface area contributed by atoms with Crippen molar-refractivity contribution in [2.45, 2.75) is 19.3 Å². The Hall–Kier alpha value is -6.12. The smallest absolute Gasteiger partial charge is 0.161 e. The Morgan fingerprint density at radius 1 is 0.347 bits per heavy atom. The molecule has 0 atom stereocenters. The SMILES string of the molecule is CC1(C)c2ccccc2-c2cc(-c3ccc(-c4nc(-c5ccccc5)cc(-c5cccc(-c6ccccc6)c5)n4)c4ccccc34)ccc21. The van der Waals surface area contributed by atoms with Gasteiger partial charge in [-0.2, -0.15) is 0 Å². The lowest BCUT2D eigenvalue weighted by Crippen LogP contribution is -2.14. The lowest BCUT2D eigenvalue weighted by atomic mass is 9.82. The van der Waals surface area contributed by atoms with Crippen molar-refractivity contribution in [3.63, 3.8) is 0 Å². The van der Waals surface area contributed by atoms with Crippen LogP contribution in [0.2, 0.25) is 0 Å². The standard InChI is InChI=1S/C47H34N2/c1-47(2)42-23-12-11-22-39(42)41-29-34(24-27-43(41)47)36-25-26-40(38-21-10-9-20-37(36)38)46-48-44(32-16-7-4-8-17-32)30-45(49-46)35-19-13-18-33(28-35)31-14-5-3-6-15-31/h3-30H,1-2H3. The van der Waals surface area contributed by atoms with Crippen molar-refractivity contribution in [1.82, 2.24) is 9.97 Å². The molecule has 0 aliphatic heterocycles. The molecule has 1 aliphatic carbocycles. The van der Waals surface area contributed by atoms with Crippen molar-refractivity contribution in [1.29, 1.82) is 0 Å². The average Bonchev–Trinajstić information content (AvgIpc) is 3.40. The van der Waals surface area contributed by atoms with Gasteiger partial charge in [-0.05, 0) is 79.5 Å². The maximum atomic E-state index is 5.26. The first kappa shape index (κ1) is 29.1. The molecule has 0 bridgehead atoms. The van der Waals surface area contributed by atoms with E-state index in [0.717, 1.165) is 39.0 Å². The maximum Gasteiger partial charge on any atom is 0.161 e. The van der Waals surface area contributed by atoms with Gasteiger partial charge in [0.15, 0.2) is 5.82 Å². The first-order valence-electron chi connectivity index (χ1n) is 16.9. The van der Waals surface area contributed by atoms with E-state index in [9.17, 15) is 0 Å². The van der Waals surface area contributed by atoms with E-state index in [2.05, 4.69) is 178 Å². The molecule has 1 aromatic heterocycles. The zero-order valence-corrected chi connectivity index (χ0v) is 27.6. The van der Waals surface area contributed by atoms with Gasteiger partial charge in [0, 0.05) is 22.1 Å². The Bertz CT molecular complexity index is 2510. The largest absolute Gasteiger partial charge is 0.228 e. The van der Waals surface area contributed by atoms with Crippen LogP contribution in [-0.2, 0) is 5.41 Å². The molecular formula is C47H34N2. The van der Waals surface area contributed by atoms with E-state index in [4.69, 9.17) is 9.97 Å². The Morgan fingerprint density at radius 2 is 0.918 bits per heavy atom. The number of hydrogen-bond donors (Lipinski definition) is 0. The van der Waals surface area contributed by atoms with Gasteiger partial charge in [0.2, 0.25) is 0 Å². The number of aromatic nitrogens is 2. The summed E-state index contributed by atoms with van der Waals surface area (Å²) < 4.78 is 0. The monoisotopic (exact) mass is 626 g/mol. The molecule has 0 saturated carbocycles. The number of nitrogens with zero attached hydrogens (tertiary/aromatic N) is 2. The highest BCUT2D eigenvalue weighted by atomic mass is 14.9. The first-order valence-corrected chi connectivity index (χ1v) is 16.9. The molecule has 232 valence electrons. The second-order valence-corrected chi connectivity index (χ2v) is 13.4. The molecule has 1 aliphatic rings. The molecule has 1 heterocycles. The number of rotatable bonds is 5. The van der Waals surface area contributed by atoms with Crippen LogP contribution in [0.5, 0.6) is 0 Å². The third-order valence-electron chi connectivity index (χ3n) is 10.1. The molecule has 7 aromatic carbocycles. The zero-order valence-electron chi connectivity index (χ0n) is 27.6. The second kappa shape index (κ2) is 11.5. The molecule has 0 unspecified atom stereocenters. The summed E-state index contributed by atoms with van der Waals surface area (Å²) in [5.74, 6) is 0.717. The van der Waals surface area contributed by atoms with Gasteiger partial charge < -0.3 is 0 Å². The van der Waals surface area contributed by atoms with Crippen LogP contribution >= 0.6 is 0 Å². The van der Waals surface area contributed by atoms with Crippen LogP contribution in [0.25, 0.3) is 78.1 Å². The summed E-state index contributed by atoms with van der Waals surface area (Å²) in [6.45, 7) is 4.66. The second-order valence-electron chi connectivity index (χ2n) is 13.4. The summed E-state index contributed by atoms with van der Waals surface area (Å²) in [6, 6.07) is 60.6. The van der Waals surface area contributed by atoms with E-state index in [1.54, 1.807) is 0 Å². The van der Waals surface area contributed by atoms with Crippen molar-refractivity contribution in [3.8, 4) is 67.3 Å².